The molecule has 0 aliphatic rings. The lowest BCUT2D eigenvalue weighted by atomic mass is 9.99. The Morgan fingerprint density at radius 3 is 2.21 bits per heavy atom. The third-order valence-corrected chi connectivity index (χ3v) is 7.86. The Morgan fingerprint density at radius 2 is 1.49 bits per heavy atom. The van der Waals surface area contributed by atoms with E-state index in [0.717, 1.165) is 28.3 Å². The number of rotatable bonds is 11. The van der Waals surface area contributed by atoms with E-state index in [9.17, 15) is 9.59 Å². The fourth-order valence-corrected chi connectivity index (χ4v) is 5.26. The SMILES string of the molecule is CC[C@@H](C)NC(=O)[C@@H](Cc1ccccc1)N(Cc1c(Cl)cccc1Cl)C(=O)CCc1cccc2ccccc12. The molecule has 2 amide bonds. The zero-order valence-corrected chi connectivity index (χ0v) is 23.9. The number of nitrogens with zero attached hydrogens (tertiary/aromatic N) is 1. The van der Waals surface area contributed by atoms with Gasteiger partial charge in [-0.05, 0) is 53.8 Å². The number of halogens is 2. The lowest BCUT2D eigenvalue weighted by Gasteiger charge is -2.33. The quantitative estimate of drug-likeness (QED) is 0.205. The summed E-state index contributed by atoms with van der Waals surface area (Å²) in [6.45, 7) is 4.13. The topological polar surface area (TPSA) is 49.4 Å². The van der Waals surface area contributed by atoms with E-state index in [0.29, 0.717) is 28.5 Å². The molecule has 0 spiro atoms. The minimum Gasteiger partial charge on any atom is -0.352 e. The molecule has 0 fully saturated rings. The van der Waals surface area contributed by atoms with Crippen LogP contribution in [0.25, 0.3) is 10.8 Å². The molecular formula is C33H34Cl2N2O2. The molecule has 0 bridgehead atoms. The summed E-state index contributed by atoms with van der Waals surface area (Å²) in [5, 5.41) is 6.30. The van der Waals surface area contributed by atoms with Crippen LogP contribution in [-0.2, 0) is 29.0 Å². The van der Waals surface area contributed by atoms with Crippen molar-refractivity contribution in [3.8, 4) is 0 Å². The van der Waals surface area contributed by atoms with Crippen molar-refractivity contribution in [2.24, 2.45) is 0 Å². The first kappa shape index (κ1) is 28.7. The molecule has 0 aromatic heterocycles. The fraction of sp³-hybridized carbons (Fsp3) is 0.273. The molecule has 0 unspecified atom stereocenters. The van der Waals surface area contributed by atoms with E-state index >= 15 is 0 Å². The molecule has 4 rings (SSSR count). The summed E-state index contributed by atoms with van der Waals surface area (Å²) in [5.74, 6) is -0.311. The van der Waals surface area contributed by atoms with Crippen molar-refractivity contribution in [2.45, 2.75) is 58.2 Å². The molecular weight excluding hydrogens is 527 g/mol. The highest BCUT2D eigenvalue weighted by atomic mass is 35.5. The van der Waals surface area contributed by atoms with Gasteiger partial charge in [0.2, 0.25) is 11.8 Å². The molecule has 0 saturated heterocycles. The molecule has 0 saturated carbocycles. The van der Waals surface area contributed by atoms with E-state index < -0.39 is 6.04 Å². The van der Waals surface area contributed by atoms with Gasteiger partial charge in [0, 0.05) is 41.0 Å². The molecule has 39 heavy (non-hydrogen) atoms. The number of carbonyl (C=O) groups excluding carboxylic acids is 2. The molecule has 0 aliphatic heterocycles. The Bertz CT molecular complexity index is 1400. The van der Waals surface area contributed by atoms with Gasteiger partial charge < -0.3 is 10.2 Å². The molecule has 2 atom stereocenters. The maximum Gasteiger partial charge on any atom is 0.243 e. The molecule has 0 aliphatic carbocycles. The van der Waals surface area contributed by atoms with Crippen molar-refractivity contribution >= 4 is 45.8 Å². The van der Waals surface area contributed by atoms with E-state index in [-0.39, 0.29) is 30.8 Å². The van der Waals surface area contributed by atoms with Crippen LogP contribution in [0.2, 0.25) is 10.0 Å². The second-order valence-corrected chi connectivity index (χ2v) is 10.7. The number of amides is 2. The Labute approximate surface area is 240 Å². The zero-order valence-electron chi connectivity index (χ0n) is 22.4. The average Bonchev–Trinajstić information content (AvgIpc) is 2.95. The minimum atomic E-state index is -0.728. The molecule has 1 N–H and O–H groups in total. The van der Waals surface area contributed by atoms with Gasteiger partial charge >= 0.3 is 0 Å². The highest BCUT2D eigenvalue weighted by molar-refractivity contribution is 6.36. The van der Waals surface area contributed by atoms with E-state index in [1.54, 1.807) is 23.1 Å². The van der Waals surface area contributed by atoms with Gasteiger partial charge in [-0.3, -0.25) is 9.59 Å². The largest absolute Gasteiger partial charge is 0.352 e. The van der Waals surface area contributed by atoms with Crippen molar-refractivity contribution < 1.29 is 9.59 Å². The van der Waals surface area contributed by atoms with Gasteiger partial charge in [-0.15, -0.1) is 0 Å². The Kier molecular flexibility index (Phi) is 10.0. The van der Waals surface area contributed by atoms with E-state index in [2.05, 4.69) is 29.6 Å². The second kappa shape index (κ2) is 13.6. The first-order valence-corrected chi connectivity index (χ1v) is 14.2. The standard InChI is InChI=1S/C33H34Cl2N2O2/c1-3-23(2)36-33(39)31(21-24-11-5-4-6-12-24)37(22-28-29(34)17-10-18-30(28)35)32(38)20-19-26-15-9-14-25-13-7-8-16-27(25)26/h4-18,23,31H,3,19-22H2,1-2H3,(H,36,39)/t23-,31-/m1/s1. The van der Waals surface area contributed by atoms with Crippen LogP contribution in [0.5, 0.6) is 0 Å². The number of nitrogens with one attached hydrogen (secondary N) is 1. The van der Waals surface area contributed by atoms with Crippen LogP contribution in [-0.4, -0.2) is 28.8 Å². The van der Waals surface area contributed by atoms with Gasteiger partial charge in [0.25, 0.3) is 0 Å². The van der Waals surface area contributed by atoms with E-state index in [4.69, 9.17) is 23.2 Å². The van der Waals surface area contributed by atoms with Crippen LogP contribution in [0.1, 0.15) is 43.4 Å². The number of carbonyl (C=O) groups is 2. The van der Waals surface area contributed by atoms with Gasteiger partial charge in [0.1, 0.15) is 6.04 Å². The Balaban J connectivity index is 1.69. The molecule has 4 aromatic carbocycles. The van der Waals surface area contributed by atoms with Gasteiger partial charge in [-0.1, -0.05) is 109 Å². The van der Waals surface area contributed by atoms with Gasteiger partial charge in [-0.2, -0.15) is 0 Å². The number of fused-ring (bicyclic) bond motifs is 1. The smallest absolute Gasteiger partial charge is 0.243 e. The monoisotopic (exact) mass is 560 g/mol. The Hall–Kier alpha value is -3.34. The maximum atomic E-state index is 14.0. The van der Waals surface area contributed by atoms with E-state index in [1.807, 2.05) is 62.4 Å². The van der Waals surface area contributed by atoms with Crippen molar-refractivity contribution in [3.05, 3.63) is 118 Å². The molecule has 4 aromatic rings. The third-order valence-electron chi connectivity index (χ3n) is 7.15. The number of hydrogen-bond acceptors (Lipinski definition) is 2. The molecule has 202 valence electrons. The third kappa shape index (κ3) is 7.40. The summed E-state index contributed by atoms with van der Waals surface area (Å²) in [7, 11) is 0. The molecule has 6 heteroatoms. The first-order chi connectivity index (χ1) is 18.9. The highest BCUT2D eigenvalue weighted by Crippen LogP contribution is 2.28. The van der Waals surface area contributed by atoms with Crippen LogP contribution >= 0.6 is 23.2 Å². The van der Waals surface area contributed by atoms with Crippen LogP contribution in [0.4, 0.5) is 0 Å². The van der Waals surface area contributed by atoms with Crippen molar-refractivity contribution in [3.63, 3.8) is 0 Å². The second-order valence-electron chi connectivity index (χ2n) is 9.88. The maximum absolute atomic E-state index is 14.0. The number of hydrogen-bond donors (Lipinski definition) is 1. The van der Waals surface area contributed by atoms with Crippen molar-refractivity contribution in [2.75, 3.05) is 0 Å². The van der Waals surface area contributed by atoms with Crippen LogP contribution in [0.3, 0.4) is 0 Å². The summed E-state index contributed by atoms with van der Waals surface area (Å²) < 4.78 is 0. The predicted octanol–water partition coefficient (Wildman–Crippen LogP) is 7.63. The van der Waals surface area contributed by atoms with E-state index in [1.165, 1.54) is 0 Å². The normalized spacial score (nSPS) is 12.6. The zero-order chi connectivity index (χ0) is 27.8. The molecule has 4 nitrogen and oxygen atoms in total. The van der Waals surface area contributed by atoms with Crippen molar-refractivity contribution in [1.29, 1.82) is 0 Å². The highest BCUT2D eigenvalue weighted by Gasteiger charge is 2.31. The van der Waals surface area contributed by atoms with Crippen molar-refractivity contribution in [1.82, 2.24) is 10.2 Å². The molecule has 0 radical (unpaired) electrons. The lowest BCUT2D eigenvalue weighted by Crippen LogP contribution is -2.52. The molecule has 0 heterocycles. The summed E-state index contributed by atoms with van der Waals surface area (Å²) in [6, 6.07) is 28.6. The first-order valence-electron chi connectivity index (χ1n) is 13.4. The summed E-state index contributed by atoms with van der Waals surface area (Å²) in [4.78, 5) is 29.4. The average molecular weight is 562 g/mol. The van der Waals surface area contributed by atoms with Gasteiger partial charge in [0.05, 0.1) is 0 Å². The van der Waals surface area contributed by atoms with Crippen LogP contribution in [0.15, 0.2) is 91.0 Å². The predicted molar refractivity (Wildman–Crippen MR) is 161 cm³/mol. The summed E-state index contributed by atoms with van der Waals surface area (Å²) >= 11 is 13.1. The lowest BCUT2D eigenvalue weighted by molar-refractivity contribution is -0.141. The number of benzene rings is 4. The summed E-state index contributed by atoms with van der Waals surface area (Å²) in [5.41, 5.74) is 2.70. The van der Waals surface area contributed by atoms with Crippen LogP contribution < -0.4 is 5.32 Å². The van der Waals surface area contributed by atoms with Gasteiger partial charge in [-0.25, -0.2) is 0 Å². The minimum absolute atomic E-state index is 0.0210. The number of aryl methyl sites for hydroxylation is 1. The van der Waals surface area contributed by atoms with Gasteiger partial charge in [0.15, 0.2) is 0 Å². The summed E-state index contributed by atoms with van der Waals surface area (Å²) in [6.07, 6.45) is 1.97. The van der Waals surface area contributed by atoms with Crippen LogP contribution in [0, 0.1) is 0 Å². The Morgan fingerprint density at radius 1 is 0.846 bits per heavy atom. The fourth-order valence-electron chi connectivity index (χ4n) is 4.74.